The van der Waals surface area contributed by atoms with E-state index in [1.165, 1.54) is 0 Å². The molecule has 0 fully saturated rings. The molecule has 4 heterocycles. The van der Waals surface area contributed by atoms with Crippen LogP contribution in [0.4, 0.5) is 5.69 Å². The number of fused-ring (bicyclic) bond motifs is 5. The summed E-state index contributed by atoms with van der Waals surface area (Å²) < 4.78 is 22.2. The Morgan fingerprint density at radius 3 is 2.53 bits per heavy atom. The molecule has 3 aromatic carbocycles. The van der Waals surface area contributed by atoms with Crippen LogP contribution >= 0.6 is 0 Å². The maximum atomic E-state index is 14.1. The SMILES string of the molecule is Cc1nc(-c2ccc(CN3C(=O)C4(COc5cc6c(cc54)OCO6)c4ccccc43)cc2)no1. The first kappa shape index (κ1) is 19.2. The third kappa shape index (κ3) is 2.56. The molecule has 7 rings (SSSR count). The predicted octanol–water partition coefficient (Wildman–Crippen LogP) is 4.00. The van der Waals surface area contributed by atoms with Crippen molar-refractivity contribution in [3.63, 3.8) is 0 Å². The van der Waals surface area contributed by atoms with Gasteiger partial charge in [-0.15, -0.1) is 0 Å². The summed E-state index contributed by atoms with van der Waals surface area (Å²) in [7, 11) is 0. The summed E-state index contributed by atoms with van der Waals surface area (Å²) in [6, 6.07) is 19.5. The van der Waals surface area contributed by atoms with E-state index in [1.807, 2.05) is 65.6 Å². The predicted molar refractivity (Wildman–Crippen MR) is 121 cm³/mol. The molecule has 0 saturated carbocycles. The van der Waals surface area contributed by atoms with Crippen molar-refractivity contribution in [1.29, 1.82) is 0 Å². The van der Waals surface area contributed by atoms with E-state index in [0.717, 1.165) is 27.9 Å². The van der Waals surface area contributed by atoms with Crippen LogP contribution in [0.25, 0.3) is 11.4 Å². The summed E-state index contributed by atoms with van der Waals surface area (Å²) in [5, 5.41) is 3.97. The standard InChI is InChI=1S/C26H19N3O5/c1-15-27-24(28-34-15)17-8-6-16(7-9-17)12-29-20-5-3-2-4-18(20)26(25(29)30)13-31-21-11-23-22(10-19(21)26)32-14-33-23/h2-11H,12-14H2,1H3. The number of ether oxygens (including phenoxy) is 3. The molecule has 0 bridgehead atoms. The lowest BCUT2D eigenvalue weighted by atomic mass is 9.77. The number of carbonyl (C=O) groups excluding carboxylic acids is 1. The average Bonchev–Trinajstić information content (AvgIpc) is 3.63. The number of hydrogen-bond acceptors (Lipinski definition) is 7. The molecule has 34 heavy (non-hydrogen) atoms. The zero-order valence-corrected chi connectivity index (χ0v) is 18.3. The minimum Gasteiger partial charge on any atom is -0.491 e. The lowest BCUT2D eigenvalue weighted by Gasteiger charge is -2.23. The highest BCUT2D eigenvalue weighted by Gasteiger charge is 2.57. The molecule has 8 heteroatoms. The normalized spacial score (nSPS) is 19.4. The van der Waals surface area contributed by atoms with Crippen LogP contribution in [0.3, 0.4) is 0 Å². The van der Waals surface area contributed by atoms with Crippen molar-refractivity contribution < 1.29 is 23.5 Å². The molecule has 168 valence electrons. The number of nitrogens with zero attached hydrogens (tertiary/aromatic N) is 3. The number of anilines is 1. The highest BCUT2D eigenvalue weighted by atomic mass is 16.7. The van der Waals surface area contributed by atoms with Gasteiger partial charge in [0.1, 0.15) is 17.8 Å². The minimum atomic E-state index is -0.908. The highest BCUT2D eigenvalue weighted by Crippen LogP contribution is 2.55. The van der Waals surface area contributed by atoms with Gasteiger partial charge in [-0.2, -0.15) is 4.98 Å². The largest absolute Gasteiger partial charge is 0.491 e. The number of amides is 1. The van der Waals surface area contributed by atoms with Gasteiger partial charge >= 0.3 is 0 Å². The number of para-hydroxylation sites is 1. The molecule has 3 aliphatic heterocycles. The van der Waals surface area contributed by atoms with Crippen molar-refractivity contribution in [3.05, 3.63) is 83.2 Å². The molecular formula is C26H19N3O5. The Balaban J connectivity index is 1.27. The van der Waals surface area contributed by atoms with E-state index in [1.54, 1.807) is 6.92 Å². The molecule has 1 aromatic heterocycles. The van der Waals surface area contributed by atoms with Gasteiger partial charge in [0.25, 0.3) is 0 Å². The molecule has 1 spiro atoms. The Labute approximate surface area is 194 Å². The van der Waals surface area contributed by atoms with Gasteiger partial charge < -0.3 is 23.6 Å². The quantitative estimate of drug-likeness (QED) is 0.463. The van der Waals surface area contributed by atoms with E-state index in [-0.39, 0.29) is 19.3 Å². The van der Waals surface area contributed by atoms with Crippen LogP contribution in [-0.4, -0.2) is 29.4 Å². The maximum absolute atomic E-state index is 14.1. The monoisotopic (exact) mass is 453 g/mol. The van der Waals surface area contributed by atoms with Crippen LogP contribution in [0.15, 0.2) is 65.2 Å². The molecule has 8 nitrogen and oxygen atoms in total. The van der Waals surface area contributed by atoms with Crippen molar-refractivity contribution in [1.82, 2.24) is 10.1 Å². The second-order valence-corrected chi connectivity index (χ2v) is 8.64. The summed E-state index contributed by atoms with van der Waals surface area (Å²) >= 11 is 0. The number of aromatic nitrogens is 2. The fourth-order valence-corrected chi connectivity index (χ4v) is 5.08. The number of carbonyl (C=O) groups is 1. The van der Waals surface area contributed by atoms with Crippen LogP contribution in [0.1, 0.15) is 22.6 Å². The molecule has 0 N–H and O–H groups in total. The fraction of sp³-hybridized carbons (Fsp3) is 0.192. The maximum Gasteiger partial charge on any atom is 0.246 e. The van der Waals surface area contributed by atoms with Crippen LogP contribution in [0.2, 0.25) is 0 Å². The van der Waals surface area contributed by atoms with Crippen molar-refractivity contribution in [2.75, 3.05) is 18.3 Å². The topological polar surface area (TPSA) is 86.9 Å². The Morgan fingerprint density at radius 2 is 1.74 bits per heavy atom. The van der Waals surface area contributed by atoms with Gasteiger partial charge in [0, 0.05) is 29.8 Å². The van der Waals surface area contributed by atoms with Crippen LogP contribution in [0, 0.1) is 6.92 Å². The molecular weight excluding hydrogens is 434 g/mol. The molecule has 3 aliphatic rings. The lowest BCUT2D eigenvalue weighted by Crippen LogP contribution is -2.42. The zero-order valence-electron chi connectivity index (χ0n) is 18.3. The second-order valence-electron chi connectivity index (χ2n) is 8.64. The van der Waals surface area contributed by atoms with E-state index >= 15 is 0 Å². The first-order chi connectivity index (χ1) is 16.6. The van der Waals surface area contributed by atoms with Gasteiger partial charge in [-0.05, 0) is 23.3 Å². The van der Waals surface area contributed by atoms with E-state index < -0.39 is 5.41 Å². The Hall–Kier alpha value is -4.33. The molecule has 4 aromatic rings. The van der Waals surface area contributed by atoms with E-state index in [4.69, 9.17) is 18.7 Å². The third-order valence-corrected chi connectivity index (χ3v) is 6.72. The average molecular weight is 453 g/mol. The van der Waals surface area contributed by atoms with Gasteiger partial charge in [0.2, 0.25) is 24.4 Å². The number of hydrogen-bond donors (Lipinski definition) is 0. The first-order valence-electron chi connectivity index (χ1n) is 11.0. The highest BCUT2D eigenvalue weighted by molar-refractivity contribution is 6.11. The van der Waals surface area contributed by atoms with Crippen LogP contribution in [-0.2, 0) is 16.8 Å². The summed E-state index contributed by atoms with van der Waals surface area (Å²) in [6.07, 6.45) is 0. The van der Waals surface area contributed by atoms with Crippen molar-refractivity contribution >= 4 is 11.6 Å². The first-order valence-corrected chi connectivity index (χ1v) is 11.0. The van der Waals surface area contributed by atoms with Gasteiger partial charge in [0.05, 0.1) is 6.54 Å². The van der Waals surface area contributed by atoms with Gasteiger partial charge in [-0.1, -0.05) is 47.6 Å². The van der Waals surface area contributed by atoms with Gasteiger partial charge in [0.15, 0.2) is 11.5 Å². The zero-order chi connectivity index (χ0) is 22.9. The molecule has 0 aliphatic carbocycles. The Kier molecular flexibility index (Phi) is 3.85. The summed E-state index contributed by atoms with van der Waals surface area (Å²) in [6.45, 7) is 2.60. The summed E-state index contributed by atoms with van der Waals surface area (Å²) in [5.41, 5.74) is 3.60. The molecule has 0 radical (unpaired) electrons. The molecule has 1 amide bonds. The van der Waals surface area contributed by atoms with Crippen LogP contribution < -0.4 is 19.1 Å². The van der Waals surface area contributed by atoms with E-state index in [2.05, 4.69) is 10.1 Å². The summed E-state index contributed by atoms with van der Waals surface area (Å²) in [4.78, 5) is 20.2. The van der Waals surface area contributed by atoms with E-state index in [9.17, 15) is 4.79 Å². The third-order valence-electron chi connectivity index (χ3n) is 6.72. The van der Waals surface area contributed by atoms with E-state index in [0.29, 0.717) is 35.5 Å². The lowest BCUT2D eigenvalue weighted by molar-refractivity contribution is -0.122. The van der Waals surface area contributed by atoms with Crippen molar-refractivity contribution in [2.45, 2.75) is 18.9 Å². The Morgan fingerprint density at radius 1 is 0.941 bits per heavy atom. The van der Waals surface area contributed by atoms with Crippen molar-refractivity contribution in [3.8, 4) is 28.6 Å². The van der Waals surface area contributed by atoms with Crippen molar-refractivity contribution in [2.24, 2.45) is 0 Å². The smallest absolute Gasteiger partial charge is 0.246 e. The summed E-state index contributed by atoms with van der Waals surface area (Å²) in [5.74, 6) is 3.00. The van der Waals surface area contributed by atoms with Gasteiger partial charge in [-0.25, -0.2) is 0 Å². The van der Waals surface area contributed by atoms with Crippen LogP contribution in [0.5, 0.6) is 17.2 Å². The fourth-order valence-electron chi connectivity index (χ4n) is 5.08. The molecule has 0 saturated heterocycles. The molecule has 1 atom stereocenters. The minimum absolute atomic E-state index is 0.0100. The number of rotatable bonds is 3. The van der Waals surface area contributed by atoms with Gasteiger partial charge in [-0.3, -0.25) is 4.79 Å². The second kappa shape index (κ2) is 6.84. The molecule has 1 unspecified atom stereocenters. The number of aryl methyl sites for hydroxylation is 1. The Bertz CT molecular complexity index is 1460. The number of benzene rings is 3.